The third-order valence-electron chi connectivity index (χ3n) is 9.13. The van der Waals surface area contributed by atoms with Crippen LogP contribution in [-0.4, -0.2) is 48.3 Å². The predicted molar refractivity (Wildman–Crippen MR) is 157 cm³/mol. The molecule has 3 aromatic rings. The average Bonchev–Trinajstić information content (AvgIpc) is 3.34. The van der Waals surface area contributed by atoms with Crippen LogP contribution in [0.5, 0.6) is 0 Å². The van der Waals surface area contributed by atoms with E-state index in [2.05, 4.69) is 52.3 Å². The van der Waals surface area contributed by atoms with Gasteiger partial charge in [-0.1, -0.05) is 60.2 Å². The molecule has 3 aromatic carbocycles. The van der Waals surface area contributed by atoms with E-state index in [9.17, 15) is 18.0 Å². The lowest BCUT2D eigenvalue weighted by Crippen LogP contribution is -2.35. The number of hydrogen-bond donors (Lipinski definition) is 0. The Morgan fingerprint density at radius 3 is 2.34 bits per heavy atom. The molecule has 6 rings (SSSR count). The maximum absolute atomic E-state index is 13.3. The van der Waals surface area contributed by atoms with Crippen molar-refractivity contribution >= 4 is 11.4 Å². The van der Waals surface area contributed by atoms with Gasteiger partial charge in [-0.15, -0.1) is 0 Å². The molecule has 0 spiro atoms. The molecule has 6 heteroatoms. The van der Waals surface area contributed by atoms with Gasteiger partial charge in [0, 0.05) is 38.2 Å². The second-order valence-electron chi connectivity index (χ2n) is 11.9. The van der Waals surface area contributed by atoms with E-state index in [0.717, 1.165) is 76.0 Å². The van der Waals surface area contributed by atoms with Crippen molar-refractivity contribution in [2.45, 2.75) is 51.2 Å². The van der Waals surface area contributed by atoms with Crippen molar-refractivity contribution in [1.29, 1.82) is 0 Å². The lowest BCUT2D eigenvalue weighted by Gasteiger charge is -2.31. The first-order valence-electron chi connectivity index (χ1n) is 14.8. The summed E-state index contributed by atoms with van der Waals surface area (Å²) < 4.78 is 38.8. The summed E-state index contributed by atoms with van der Waals surface area (Å²) in [6.45, 7) is 5.46. The first-order valence-corrected chi connectivity index (χ1v) is 14.8. The first kappa shape index (κ1) is 27.9. The third kappa shape index (κ3) is 6.65. The van der Waals surface area contributed by atoms with Gasteiger partial charge in [-0.3, -0.25) is 9.69 Å². The maximum Gasteiger partial charge on any atom is 0.416 e. The third-order valence-corrected chi connectivity index (χ3v) is 9.13. The summed E-state index contributed by atoms with van der Waals surface area (Å²) in [7, 11) is 0. The molecule has 2 heterocycles. The van der Waals surface area contributed by atoms with E-state index in [1.165, 1.54) is 40.0 Å². The fraction of sp³-hybridized carbons (Fsp3) is 0.400. The minimum Gasteiger partial charge on any atom is -0.303 e. The highest BCUT2D eigenvalue weighted by atomic mass is 19.4. The number of Topliss-reactive ketones (excluding diaryl/α,β-unsaturated/α-hetero) is 1. The minimum atomic E-state index is -4.31. The van der Waals surface area contributed by atoms with Crippen molar-refractivity contribution in [1.82, 2.24) is 9.80 Å². The molecule has 1 saturated heterocycles. The maximum atomic E-state index is 13.3. The van der Waals surface area contributed by atoms with Crippen LogP contribution in [0.4, 0.5) is 13.2 Å². The molecule has 0 radical (unpaired) electrons. The molecule has 1 fully saturated rings. The Bertz CT molecular complexity index is 1400. The summed E-state index contributed by atoms with van der Waals surface area (Å²) >= 11 is 0. The van der Waals surface area contributed by atoms with Crippen LogP contribution in [0.2, 0.25) is 0 Å². The Hall–Kier alpha value is -3.22. The molecule has 214 valence electrons. The summed E-state index contributed by atoms with van der Waals surface area (Å²) in [5, 5.41) is 0. The van der Waals surface area contributed by atoms with E-state index in [1.54, 1.807) is 12.1 Å². The lowest BCUT2D eigenvalue weighted by molar-refractivity contribution is -0.137. The number of nitrogens with zero attached hydrogens (tertiary/aromatic N) is 2. The summed E-state index contributed by atoms with van der Waals surface area (Å²) in [5.74, 6) is 0.675. The molecule has 3 nitrogen and oxygen atoms in total. The van der Waals surface area contributed by atoms with Crippen LogP contribution >= 0.6 is 0 Å². The standard InChI is InChI=1S/C35H37F3N2O/c36-35(37,38)31-10-6-27(7-11-31)23-40-19-15-29-21-28-8-9-30(22-32(28)33(29)24-40)34(41)20-26-13-17-39(18-14-26)16-12-25-4-2-1-3-5-25/h1-11,22,26H,12-21,23-24H2. The molecule has 0 amide bonds. The number of benzene rings is 3. The molecular weight excluding hydrogens is 521 g/mol. The van der Waals surface area contributed by atoms with Crippen LogP contribution < -0.4 is 0 Å². The van der Waals surface area contributed by atoms with Crippen LogP contribution in [0.25, 0.3) is 5.57 Å². The van der Waals surface area contributed by atoms with E-state index in [-0.39, 0.29) is 5.78 Å². The molecule has 2 aliphatic heterocycles. The summed E-state index contributed by atoms with van der Waals surface area (Å²) in [4.78, 5) is 18.2. The van der Waals surface area contributed by atoms with Crippen LogP contribution in [0.15, 0.2) is 78.4 Å². The van der Waals surface area contributed by atoms with Gasteiger partial charge in [-0.25, -0.2) is 0 Å². The minimum absolute atomic E-state index is 0.238. The Morgan fingerprint density at radius 2 is 1.61 bits per heavy atom. The quantitative estimate of drug-likeness (QED) is 0.268. The lowest BCUT2D eigenvalue weighted by atomic mass is 9.88. The van der Waals surface area contributed by atoms with Gasteiger partial charge in [0.1, 0.15) is 0 Å². The molecule has 0 saturated carbocycles. The smallest absolute Gasteiger partial charge is 0.303 e. The van der Waals surface area contributed by atoms with Crippen LogP contribution in [-0.2, 0) is 25.6 Å². The molecule has 1 aliphatic carbocycles. The second kappa shape index (κ2) is 11.9. The van der Waals surface area contributed by atoms with E-state index in [1.807, 2.05) is 6.07 Å². The number of alkyl halides is 3. The molecule has 0 aromatic heterocycles. The van der Waals surface area contributed by atoms with Crippen molar-refractivity contribution in [3.05, 3.63) is 112 Å². The zero-order valence-electron chi connectivity index (χ0n) is 23.4. The van der Waals surface area contributed by atoms with Gasteiger partial charge in [-0.05, 0) is 97.1 Å². The second-order valence-corrected chi connectivity index (χ2v) is 11.9. The monoisotopic (exact) mass is 558 g/mol. The number of fused-ring (bicyclic) bond motifs is 2. The van der Waals surface area contributed by atoms with Crippen LogP contribution in [0.3, 0.4) is 0 Å². The van der Waals surface area contributed by atoms with E-state index < -0.39 is 11.7 Å². The Kier molecular flexibility index (Phi) is 8.14. The normalized spacial score (nSPS) is 18.4. The number of hydrogen-bond acceptors (Lipinski definition) is 3. The van der Waals surface area contributed by atoms with Crippen LogP contribution in [0, 0.1) is 5.92 Å². The van der Waals surface area contributed by atoms with Crippen molar-refractivity contribution in [3.8, 4) is 0 Å². The van der Waals surface area contributed by atoms with Gasteiger partial charge < -0.3 is 4.90 Å². The Balaban J connectivity index is 1.03. The molecule has 3 aliphatic rings. The number of halogens is 3. The summed E-state index contributed by atoms with van der Waals surface area (Å²) in [5.41, 5.74) is 7.68. The van der Waals surface area contributed by atoms with Gasteiger partial charge in [0.15, 0.2) is 5.78 Å². The number of piperidine rings is 1. The van der Waals surface area contributed by atoms with E-state index in [4.69, 9.17) is 0 Å². The van der Waals surface area contributed by atoms with Gasteiger partial charge >= 0.3 is 6.18 Å². The molecule has 41 heavy (non-hydrogen) atoms. The van der Waals surface area contributed by atoms with E-state index in [0.29, 0.717) is 18.9 Å². The van der Waals surface area contributed by atoms with Crippen LogP contribution in [0.1, 0.15) is 63.9 Å². The predicted octanol–water partition coefficient (Wildman–Crippen LogP) is 7.45. The largest absolute Gasteiger partial charge is 0.416 e. The highest BCUT2D eigenvalue weighted by Crippen LogP contribution is 2.39. The fourth-order valence-corrected chi connectivity index (χ4v) is 6.66. The van der Waals surface area contributed by atoms with Crippen molar-refractivity contribution < 1.29 is 18.0 Å². The summed E-state index contributed by atoms with van der Waals surface area (Å²) in [6.07, 6.45) is 1.40. The van der Waals surface area contributed by atoms with Gasteiger partial charge in [0.05, 0.1) is 5.56 Å². The first-order chi connectivity index (χ1) is 19.8. The molecule has 0 bridgehead atoms. The molecule has 0 N–H and O–H groups in total. The topological polar surface area (TPSA) is 23.6 Å². The number of carbonyl (C=O) groups is 1. The highest BCUT2D eigenvalue weighted by Gasteiger charge is 2.31. The van der Waals surface area contributed by atoms with Crippen molar-refractivity contribution in [2.24, 2.45) is 5.92 Å². The van der Waals surface area contributed by atoms with Gasteiger partial charge in [-0.2, -0.15) is 13.2 Å². The zero-order chi connectivity index (χ0) is 28.4. The molecular formula is C35H37F3N2O. The highest BCUT2D eigenvalue weighted by molar-refractivity contribution is 5.97. The van der Waals surface area contributed by atoms with Crippen molar-refractivity contribution in [3.63, 3.8) is 0 Å². The Morgan fingerprint density at radius 1 is 0.854 bits per heavy atom. The van der Waals surface area contributed by atoms with Crippen molar-refractivity contribution in [2.75, 3.05) is 32.7 Å². The average molecular weight is 559 g/mol. The summed E-state index contributed by atoms with van der Waals surface area (Å²) in [6, 6.07) is 22.4. The Labute approximate surface area is 240 Å². The number of likely N-dealkylation sites (tertiary alicyclic amines) is 1. The molecule has 0 atom stereocenters. The van der Waals surface area contributed by atoms with E-state index >= 15 is 0 Å². The fourth-order valence-electron chi connectivity index (χ4n) is 6.66. The number of carbonyl (C=O) groups excluding carboxylic acids is 1. The number of ketones is 1. The number of rotatable bonds is 8. The SMILES string of the molecule is O=C(CC1CCN(CCc2ccccc2)CC1)c1ccc2c(c1)C1=C(CCN(Cc3ccc(C(F)(F)F)cc3)C1)C2. The van der Waals surface area contributed by atoms with Gasteiger partial charge in [0.2, 0.25) is 0 Å². The molecule has 0 unspecified atom stereocenters. The zero-order valence-corrected chi connectivity index (χ0v) is 23.4. The van der Waals surface area contributed by atoms with Gasteiger partial charge in [0.25, 0.3) is 0 Å².